The van der Waals surface area contributed by atoms with Crippen LogP contribution in [0.5, 0.6) is 0 Å². The van der Waals surface area contributed by atoms with Gasteiger partial charge in [0, 0.05) is 5.56 Å². The van der Waals surface area contributed by atoms with E-state index in [1.165, 1.54) is 29.5 Å². The Morgan fingerprint density at radius 2 is 1.84 bits per heavy atom. The summed E-state index contributed by atoms with van der Waals surface area (Å²) < 4.78 is 64.6. The lowest BCUT2D eigenvalue weighted by Gasteiger charge is -2.23. The van der Waals surface area contributed by atoms with Gasteiger partial charge in [0.2, 0.25) is 10.0 Å². The second kappa shape index (κ2) is 12.6. The SMILES string of the molecule is C=N/C=C(/NC(=O)Nc1cc(S(=O)(=O)NCC(F)(F)F)ccc1-c1cccc(C2CCCCC2)c1)C(=C)Cl. The Morgan fingerprint density at radius 1 is 1.13 bits per heavy atom. The number of halogens is 4. The lowest BCUT2D eigenvalue weighted by molar-refractivity contribution is -0.121. The molecule has 1 saturated carbocycles. The Labute approximate surface area is 224 Å². The fourth-order valence-electron chi connectivity index (χ4n) is 4.24. The predicted molar refractivity (Wildman–Crippen MR) is 144 cm³/mol. The van der Waals surface area contributed by atoms with Crippen molar-refractivity contribution in [3.8, 4) is 11.1 Å². The molecule has 0 saturated heterocycles. The minimum absolute atomic E-state index is 0.0272. The molecule has 2 aromatic rings. The number of amides is 2. The summed E-state index contributed by atoms with van der Waals surface area (Å²) in [6.45, 7) is 5.09. The second-order valence-electron chi connectivity index (χ2n) is 8.82. The molecule has 204 valence electrons. The number of anilines is 1. The summed E-state index contributed by atoms with van der Waals surface area (Å²) in [6, 6.07) is 10.7. The van der Waals surface area contributed by atoms with Gasteiger partial charge >= 0.3 is 12.2 Å². The largest absolute Gasteiger partial charge is 0.402 e. The Balaban J connectivity index is 2.01. The zero-order valence-electron chi connectivity index (χ0n) is 20.4. The number of carbonyl (C=O) groups is 1. The Morgan fingerprint density at radius 3 is 2.47 bits per heavy atom. The van der Waals surface area contributed by atoms with Gasteiger partial charge in [-0.15, -0.1) is 0 Å². The normalized spacial score (nSPS) is 15.1. The van der Waals surface area contributed by atoms with E-state index in [1.54, 1.807) is 0 Å². The molecule has 38 heavy (non-hydrogen) atoms. The van der Waals surface area contributed by atoms with Crippen LogP contribution in [0.25, 0.3) is 11.1 Å². The van der Waals surface area contributed by atoms with Crippen LogP contribution in [0, 0.1) is 0 Å². The zero-order chi connectivity index (χ0) is 27.9. The summed E-state index contributed by atoms with van der Waals surface area (Å²) in [5, 5.41) is 4.99. The molecule has 0 unspecified atom stereocenters. The first-order valence-corrected chi connectivity index (χ1v) is 13.7. The number of nitrogens with zero attached hydrogens (tertiary/aromatic N) is 1. The van der Waals surface area contributed by atoms with E-state index in [1.807, 2.05) is 24.3 Å². The number of alkyl halides is 3. The number of rotatable bonds is 9. The van der Waals surface area contributed by atoms with E-state index in [2.05, 4.69) is 28.9 Å². The molecule has 12 heteroatoms. The van der Waals surface area contributed by atoms with Gasteiger partial charge in [-0.2, -0.15) is 13.2 Å². The third kappa shape index (κ3) is 8.17. The Bertz CT molecular complexity index is 1340. The third-order valence-corrected chi connectivity index (χ3v) is 7.65. The highest BCUT2D eigenvalue weighted by atomic mass is 35.5. The topological polar surface area (TPSA) is 99.7 Å². The van der Waals surface area contributed by atoms with E-state index in [-0.39, 0.29) is 16.4 Å². The van der Waals surface area contributed by atoms with Crippen LogP contribution in [-0.2, 0) is 10.0 Å². The number of urea groups is 1. The minimum Gasteiger partial charge on any atom is -0.307 e. The molecule has 0 aromatic heterocycles. The molecule has 2 aromatic carbocycles. The maximum absolute atomic E-state index is 12.8. The summed E-state index contributed by atoms with van der Waals surface area (Å²) in [5.41, 5.74) is 2.42. The number of hydrogen-bond acceptors (Lipinski definition) is 4. The maximum atomic E-state index is 12.8. The lowest BCUT2D eigenvalue weighted by atomic mass is 9.83. The first-order chi connectivity index (χ1) is 17.9. The summed E-state index contributed by atoms with van der Waals surface area (Å²) in [7, 11) is -4.53. The molecule has 3 N–H and O–H groups in total. The minimum atomic E-state index is -4.74. The smallest absolute Gasteiger partial charge is 0.307 e. The Kier molecular flexibility index (Phi) is 9.75. The molecule has 0 heterocycles. The van der Waals surface area contributed by atoms with E-state index < -0.39 is 33.7 Å². The molecule has 0 spiro atoms. The number of nitrogens with one attached hydrogen (secondary N) is 3. The van der Waals surface area contributed by atoms with E-state index in [0.29, 0.717) is 17.0 Å². The van der Waals surface area contributed by atoms with Crippen molar-refractivity contribution >= 4 is 40.1 Å². The van der Waals surface area contributed by atoms with Gasteiger partial charge in [0.05, 0.1) is 27.5 Å². The predicted octanol–water partition coefficient (Wildman–Crippen LogP) is 6.66. The van der Waals surface area contributed by atoms with Crippen LogP contribution in [0.15, 0.2) is 75.9 Å². The van der Waals surface area contributed by atoms with Gasteiger partial charge in [-0.05, 0) is 48.7 Å². The van der Waals surface area contributed by atoms with Gasteiger partial charge in [-0.25, -0.2) is 17.9 Å². The number of allylic oxidation sites excluding steroid dienone is 1. The number of hydrogen-bond donors (Lipinski definition) is 3. The first kappa shape index (κ1) is 29.4. The summed E-state index contributed by atoms with van der Waals surface area (Å²) in [5.74, 6) is 0.392. The monoisotopic (exact) mass is 568 g/mol. The lowest BCUT2D eigenvalue weighted by Crippen LogP contribution is -2.34. The molecule has 1 aliphatic carbocycles. The van der Waals surface area contributed by atoms with Crippen LogP contribution in [0.1, 0.15) is 43.6 Å². The number of sulfonamides is 1. The van der Waals surface area contributed by atoms with Crippen molar-refractivity contribution in [1.29, 1.82) is 0 Å². The molecular formula is C26H28ClF3N4O3S. The highest BCUT2D eigenvalue weighted by Crippen LogP contribution is 2.36. The third-order valence-electron chi connectivity index (χ3n) is 6.05. The summed E-state index contributed by atoms with van der Waals surface area (Å²) >= 11 is 5.87. The van der Waals surface area contributed by atoms with Crippen LogP contribution < -0.4 is 15.4 Å². The molecule has 3 rings (SSSR count). The van der Waals surface area contributed by atoms with Crippen molar-refractivity contribution in [2.45, 2.75) is 49.1 Å². The standard InChI is InChI=1S/C26H28ClF3N4O3S/c1-17(27)24(15-31-2)34-25(35)33-23-14-21(38(36,37)32-16-26(28,29)30)11-12-22(23)20-10-6-9-19(13-20)18-7-4-3-5-8-18/h6,9-15,18,32H,1-5,7-8,16H2,(H2,33,34,35)/b24-15+. The van der Waals surface area contributed by atoms with Crippen LogP contribution in [-0.4, -0.2) is 33.9 Å². The van der Waals surface area contributed by atoms with Crippen LogP contribution in [0.3, 0.4) is 0 Å². The van der Waals surface area contributed by atoms with Crippen LogP contribution >= 0.6 is 11.6 Å². The van der Waals surface area contributed by atoms with E-state index in [0.717, 1.165) is 37.3 Å². The van der Waals surface area contributed by atoms with E-state index in [4.69, 9.17) is 11.6 Å². The first-order valence-electron chi connectivity index (χ1n) is 11.8. The summed E-state index contributed by atoms with van der Waals surface area (Å²) in [6.07, 6.45) is 2.04. The summed E-state index contributed by atoms with van der Waals surface area (Å²) in [4.78, 5) is 15.9. The molecule has 7 nitrogen and oxygen atoms in total. The highest BCUT2D eigenvalue weighted by Gasteiger charge is 2.30. The number of carbonyl (C=O) groups excluding carboxylic acids is 1. The van der Waals surface area contributed by atoms with Gasteiger partial charge in [-0.1, -0.05) is 67.8 Å². The molecule has 0 radical (unpaired) electrons. The van der Waals surface area contributed by atoms with Gasteiger partial charge in [0.25, 0.3) is 0 Å². The molecule has 0 atom stereocenters. The molecule has 2 amide bonds. The van der Waals surface area contributed by atoms with Crippen LogP contribution in [0.2, 0.25) is 0 Å². The fourth-order valence-corrected chi connectivity index (χ4v) is 5.38. The molecule has 1 fully saturated rings. The van der Waals surface area contributed by atoms with Gasteiger partial charge in [0.1, 0.15) is 6.54 Å². The van der Waals surface area contributed by atoms with Crippen molar-refractivity contribution < 1.29 is 26.4 Å². The van der Waals surface area contributed by atoms with Crippen molar-refractivity contribution in [2.24, 2.45) is 4.99 Å². The maximum Gasteiger partial charge on any atom is 0.402 e. The van der Waals surface area contributed by atoms with Crippen molar-refractivity contribution in [1.82, 2.24) is 10.0 Å². The van der Waals surface area contributed by atoms with E-state index >= 15 is 0 Å². The van der Waals surface area contributed by atoms with Gasteiger partial charge in [-0.3, -0.25) is 4.99 Å². The second-order valence-corrected chi connectivity index (χ2v) is 11.0. The van der Waals surface area contributed by atoms with Gasteiger partial charge < -0.3 is 10.6 Å². The molecule has 0 bridgehead atoms. The number of benzene rings is 2. The van der Waals surface area contributed by atoms with E-state index in [9.17, 15) is 26.4 Å². The fraction of sp³-hybridized carbons (Fsp3) is 0.308. The molecular weight excluding hydrogens is 541 g/mol. The quantitative estimate of drug-likeness (QED) is 0.233. The Hall–Kier alpha value is -3.15. The van der Waals surface area contributed by atoms with Crippen molar-refractivity contribution in [3.05, 3.63) is 71.5 Å². The highest BCUT2D eigenvalue weighted by molar-refractivity contribution is 7.89. The van der Waals surface area contributed by atoms with Crippen molar-refractivity contribution in [3.63, 3.8) is 0 Å². The van der Waals surface area contributed by atoms with Crippen LogP contribution in [0.4, 0.5) is 23.7 Å². The average Bonchev–Trinajstić information content (AvgIpc) is 2.87. The molecule has 0 aliphatic heterocycles. The molecule has 1 aliphatic rings. The number of aliphatic imine (C=N–C) groups is 1. The van der Waals surface area contributed by atoms with Gasteiger partial charge in [0.15, 0.2) is 0 Å². The average molecular weight is 569 g/mol. The zero-order valence-corrected chi connectivity index (χ0v) is 22.0. The van der Waals surface area contributed by atoms with Crippen molar-refractivity contribution in [2.75, 3.05) is 11.9 Å².